The van der Waals surface area contributed by atoms with E-state index in [0.717, 1.165) is 0 Å². The molecule has 0 aliphatic carbocycles. The van der Waals surface area contributed by atoms with Gasteiger partial charge in [0.15, 0.2) is 0 Å². The summed E-state index contributed by atoms with van der Waals surface area (Å²) in [7, 11) is 0. The van der Waals surface area contributed by atoms with Gasteiger partial charge in [-0.05, 0) is 35.0 Å². The fourth-order valence-electron chi connectivity index (χ4n) is 1.51. The molecular formula is C12H8LiO4. The molecule has 2 aromatic carbocycles. The summed E-state index contributed by atoms with van der Waals surface area (Å²) in [5, 5.41) is 19.0. The summed E-state index contributed by atoms with van der Waals surface area (Å²) in [6.45, 7) is 0. The van der Waals surface area contributed by atoms with Crippen LogP contribution < -0.4 is 0 Å². The molecule has 2 N–H and O–H groups in total. The average Bonchev–Trinajstić information content (AvgIpc) is 2.27. The van der Waals surface area contributed by atoms with Crippen LogP contribution in [0.2, 0.25) is 0 Å². The molecular weight excluding hydrogens is 215 g/mol. The van der Waals surface area contributed by atoms with Crippen LogP contribution in [0.1, 0.15) is 20.7 Å². The minimum atomic E-state index is -0.996. The van der Waals surface area contributed by atoms with E-state index in [2.05, 4.69) is 0 Å². The van der Waals surface area contributed by atoms with Gasteiger partial charge in [-0.3, -0.25) is 0 Å². The molecule has 0 aromatic heterocycles. The van der Waals surface area contributed by atoms with Crippen molar-refractivity contribution in [2.45, 2.75) is 0 Å². The molecule has 1 radical (unpaired) electrons. The molecule has 0 atom stereocenters. The van der Waals surface area contributed by atoms with Crippen LogP contribution in [0.3, 0.4) is 0 Å². The fourth-order valence-corrected chi connectivity index (χ4v) is 1.51. The number of carboxylic acids is 2. The van der Waals surface area contributed by atoms with Crippen LogP contribution in [0.4, 0.5) is 0 Å². The number of benzene rings is 2. The van der Waals surface area contributed by atoms with Gasteiger partial charge in [0.2, 0.25) is 0 Å². The Morgan fingerprint density at radius 1 is 0.765 bits per heavy atom. The van der Waals surface area contributed by atoms with Gasteiger partial charge < -0.3 is 10.2 Å². The number of hydrogen-bond acceptors (Lipinski definition) is 2. The van der Waals surface area contributed by atoms with Crippen LogP contribution in [0.25, 0.3) is 10.8 Å². The van der Waals surface area contributed by atoms with Crippen molar-refractivity contribution in [1.29, 1.82) is 0 Å². The van der Waals surface area contributed by atoms with Crippen molar-refractivity contribution in [1.82, 2.24) is 0 Å². The SMILES string of the molecule is O=C(O)c1ccc2cc(C(=O)O)ccc2c1.[Li]. The van der Waals surface area contributed by atoms with E-state index in [0.29, 0.717) is 10.8 Å². The zero-order valence-corrected chi connectivity index (χ0v) is 9.18. The first-order chi connectivity index (χ1) is 7.58. The van der Waals surface area contributed by atoms with Crippen molar-refractivity contribution in [3.8, 4) is 0 Å². The second kappa shape index (κ2) is 5.05. The molecule has 0 saturated heterocycles. The quantitative estimate of drug-likeness (QED) is 0.762. The molecule has 81 valence electrons. The predicted octanol–water partition coefficient (Wildman–Crippen LogP) is 1.86. The maximum Gasteiger partial charge on any atom is 0.335 e. The summed E-state index contributed by atoms with van der Waals surface area (Å²) in [5.41, 5.74) is 0.381. The van der Waals surface area contributed by atoms with E-state index in [1.165, 1.54) is 24.3 Å². The van der Waals surface area contributed by atoms with Crippen LogP contribution >= 0.6 is 0 Å². The summed E-state index contributed by atoms with van der Waals surface area (Å²) < 4.78 is 0. The molecule has 0 unspecified atom stereocenters. The molecule has 0 amide bonds. The van der Waals surface area contributed by atoms with Gasteiger partial charge in [0.05, 0.1) is 11.1 Å². The molecule has 0 fully saturated rings. The third-order valence-corrected chi connectivity index (χ3v) is 2.33. The van der Waals surface area contributed by atoms with Gasteiger partial charge in [-0.25, -0.2) is 9.59 Å². The van der Waals surface area contributed by atoms with Gasteiger partial charge >= 0.3 is 11.9 Å². The molecule has 5 heteroatoms. The Balaban J connectivity index is 0.00000144. The molecule has 17 heavy (non-hydrogen) atoms. The van der Waals surface area contributed by atoms with Gasteiger partial charge in [-0.15, -0.1) is 0 Å². The maximum atomic E-state index is 10.7. The summed E-state index contributed by atoms with van der Waals surface area (Å²) >= 11 is 0. The first-order valence-corrected chi connectivity index (χ1v) is 4.58. The Kier molecular flexibility index (Phi) is 3.95. The normalized spacial score (nSPS) is 9.65. The smallest absolute Gasteiger partial charge is 0.335 e. The second-order valence-corrected chi connectivity index (χ2v) is 3.39. The monoisotopic (exact) mass is 223 g/mol. The van der Waals surface area contributed by atoms with Crippen molar-refractivity contribution < 1.29 is 19.8 Å². The van der Waals surface area contributed by atoms with Crippen LogP contribution in [-0.4, -0.2) is 41.0 Å². The Hall–Kier alpha value is -1.76. The Morgan fingerprint density at radius 2 is 1.12 bits per heavy atom. The minimum absolute atomic E-state index is 0. The van der Waals surface area contributed by atoms with E-state index in [1.807, 2.05) is 0 Å². The summed E-state index contributed by atoms with van der Waals surface area (Å²) in [6, 6.07) is 9.15. The zero-order chi connectivity index (χ0) is 11.7. The third-order valence-electron chi connectivity index (χ3n) is 2.33. The summed E-state index contributed by atoms with van der Waals surface area (Å²) in [6.07, 6.45) is 0. The number of fused-ring (bicyclic) bond motifs is 1. The molecule has 0 bridgehead atoms. The van der Waals surface area contributed by atoms with Gasteiger partial charge in [-0.2, -0.15) is 0 Å². The van der Waals surface area contributed by atoms with E-state index in [9.17, 15) is 9.59 Å². The average molecular weight is 223 g/mol. The van der Waals surface area contributed by atoms with Crippen molar-refractivity contribution in [3.63, 3.8) is 0 Å². The number of rotatable bonds is 2. The van der Waals surface area contributed by atoms with Crippen LogP contribution in [-0.2, 0) is 0 Å². The van der Waals surface area contributed by atoms with E-state index < -0.39 is 11.9 Å². The van der Waals surface area contributed by atoms with Crippen LogP contribution in [0.5, 0.6) is 0 Å². The van der Waals surface area contributed by atoms with Crippen LogP contribution in [0, 0.1) is 0 Å². The van der Waals surface area contributed by atoms with E-state index in [4.69, 9.17) is 10.2 Å². The molecule has 0 aliphatic rings. The molecule has 0 heterocycles. The molecule has 0 saturated carbocycles. The van der Waals surface area contributed by atoms with Crippen molar-refractivity contribution >= 4 is 41.6 Å². The standard InChI is InChI=1S/C12H8O4.Li/c13-11(14)9-3-1-7-5-10(12(15)16)4-2-8(7)6-9;/h1-6H,(H,13,14)(H,15,16);. The van der Waals surface area contributed by atoms with E-state index in [1.54, 1.807) is 12.1 Å². The molecule has 2 rings (SSSR count). The Labute approximate surface area is 109 Å². The Morgan fingerprint density at radius 3 is 1.41 bits per heavy atom. The molecule has 0 aliphatic heterocycles. The minimum Gasteiger partial charge on any atom is -0.478 e. The van der Waals surface area contributed by atoms with Gasteiger partial charge in [0, 0.05) is 18.9 Å². The van der Waals surface area contributed by atoms with Gasteiger partial charge in [-0.1, -0.05) is 12.1 Å². The molecule has 4 nitrogen and oxygen atoms in total. The van der Waals surface area contributed by atoms with Crippen LogP contribution in [0.15, 0.2) is 36.4 Å². The second-order valence-electron chi connectivity index (χ2n) is 3.39. The van der Waals surface area contributed by atoms with Gasteiger partial charge in [0.25, 0.3) is 0 Å². The van der Waals surface area contributed by atoms with E-state index >= 15 is 0 Å². The first-order valence-electron chi connectivity index (χ1n) is 4.58. The number of hydrogen-bond donors (Lipinski definition) is 2. The fraction of sp³-hybridized carbons (Fsp3) is 0. The van der Waals surface area contributed by atoms with Crippen molar-refractivity contribution in [2.24, 2.45) is 0 Å². The summed E-state index contributed by atoms with van der Waals surface area (Å²) in [5.74, 6) is -1.99. The largest absolute Gasteiger partial charge is 0.478 e. The molecule has 0 spiro atoms. The predicted molar refractivity (Wildman–Crippen MR) is 63.6 cm³/mol. The maximum absolute atomic E-state index is 10.7. The van der Waals surface area contributed by atoms with E-state index in [-0.39, 0.29) is 30.0 Å². The number of carbonyl (C=O) groups is 2. The zero-order valence-electron chi connectivity index (χ0n) is 9.18. The van der Waals surface area contributed by atoms with Gasteiger partial charge in [0.1, 0.15) is 0 Å². The number of carboxylic acid groups (broad SMARTS) is 2. The Bertz CT molecular complexity index is 539. The summed E-state index contributed by atoms with van der Waals surface area (Å²) in [4.78, 5) is 21.5. The third kappa shape index (κ3) is 2.67. The molecule has 2 aromatic rings. The van der Waals surface area contributed by atoms with Crippen molar-refractivity contribution in [3.05, 3.63) is 47.5 Å². The number of aromatic carboxylic acids is 2. The topological polar surface area (TPSA) is 74.6 Å². The first kappa shape index (κ1) is 13.3. The van der Waals surface area contributed by atoms with Crippen molar-refractivity contribution in [2.75, 3.05) is 0 Å².